The Morgan fingerprint density at radius 3 is 3.14 bits per heavy atom. The first kappa shape index (κ1) is 16.3. The molecule has 3 rings (SSSR count). The Bertz CT molecular complexity index is 468. The van der Waals surface area contributed by atoms with E-state index in [1.54, 1.807) is 18.4 Å². The van der Waals surface area contributed by atoms with Crippen molar-refractivity contribution in [2.24, 2.45) is 5.92 Å². The summed E-state index contributed by atoms with van der Waals surface area (Å²) in [6, 6.07) is 0.541. The van der Waals surface area contributed by atoms with Crippen molar-refractivity contribution in [1.29, 1.82) is 0 Å². The van der Waals surface area contributed by atoms with Gasteiger partial charge >= 0.3 is 0 Å². The van der Waals surface area contributed by atoms with E-state index in [4.69, 9.17) is 14.2 Å². The fraction of sp³-hybridized carbons (Fsp3) is 0.812. The smallest absolute Gasteiger partial charge is 0.0898 e. The monoisotopic (exact) mass is 326 g/mol. The molecule has 1 aliphatic heterocycles. The molecule has 1 unspecified atom stereocenters. The Kier molecular flexibility index (Phi) is 5.82. The maximum atomic E-state index is 5.96. The highest BCUT2D eigenvalue weighted by Crippen LogP contribution is 2.34. The second-order valence-electron chi connectivity index (χ2n) is 6.22. The maximum Gasteiger partial charge on any atom is 0.0898 e. The second kappa shape index (κ2) is 7.84. The average Bonchev–Trinajstić information content (AvgIpc) is 3.11. The molecule has 2 aliphatic rings. The largest absolute Gasteiger partial charge is 0.383 e. The van der Waals surface area contributed by atoms with Gasteiger partial charge in [-0.2, -0.15) is 0 Å². The van der Waals surface area contributed by atoms with Crippen molar-refractivity contribution < 1.29 is 14.2 Å². The van der Waals surface area contributed by atoms with Crippen LogP contribution in [0, 0.1) is 12.8 Å². The molecule has 3 atom stereocenters. The molecule has 1 aromatic heterocycles. The molecule has 0 spiro atoms. The summed E-state index contributed by atoms with van der Waals surface area (Å²) in [6.45, 7) is 7.14. The van der Waals surface area contributed by atoms with Crippen LogP contribution in [0.25, 0.3) is 0 Å². The number of hydrogen-bond acceptors (Lipinski definition) is 6. The SMILES string of the molecule is COCCN1CCO[C@@H]2CC(COCc3csc(C)n3)C[C@H]21. The van der Waals surface area contributed by atoms with Gasteiger partial charge in [-0.15, -0.1) is 11.3 Å². The molecule has 1 saturated heterocycles. The van der Waals surface area contributed by atoms with Crippen molar-refractivity contribution in [3.8, 4) is 0 Å². The number of rotatable bonds is 7. The van der Waals surface area contributed by atoms with Gasteiger partial charge in [-0.25, -0.2) is 4.98 Å². The zero-order valence-corrected chi connectivity index (χ0v) is 14.3. The van der Waals surface area contributed by atoms with E-state index >= 15 is 0 Å². The van der Waals surface area contributed by atoms with Crippen molar-refractivity contribution >= 4 is 11.3 Å². The first-order valence-corrected chi connectivity index (χ1v) is 8.97. The van der Waals surface area contributed by atoms with E-state index in [0.717, 1.165) is 50.0 Å². The summed E-state index contributed by atoms with van der Waals surface area (Å²) in [7, 11) is 1.77. The van der Waals surface area contributed by atoms with Crippen LogP contribution in [0.4, 0.5) is 0 Å². The highest BCUT2D eigenvalue weighted by molar-refractivity contribution is 7.09. The molecule has 1 aliphatic carbocycles. The van der Waals surface area contributed by atoms with Gasteiger partial charge in [0.2, 0.25) is 0 Å². The number of aryl methyl sites for hydroxylation is 1. The number of aromatic nitrogens is 1. The highest BCUT2D eigenvalue weighted by atomic mass is 32.1. The molecule has 0 radical (unpaired) electrons. The van der Waals surface area contributed by atoms with Crippen LogP contribution in [0.3, 0.4) is 0 Å². The lowest BCUT2D eigenvalue weighted by Gasteiger charge is -2.37. The van der Waals surface area contributed by atoms with Gasteiger partial charge in [0.15, 0.2) is 0 Å². The van der Waals surface area contributed by atoms with E-state index in [1.807, 2.05) is 6.92 Å². The van der Waals surface area contributed by atoms with Crippen molar-refractivity contribution in [2.75, 3.05) is 40.0 Å². The van der Waals surface area contributed by atoms with Crippen molar-refractivity contribution in [1.82, 2.24) is 9.88 Å². The van der Waals surface area contributed by atoms with Crippen LogP contribution in [-0.2, 0) is 20.8 Å². The summed E-state index contributed by atoms with van der Waals surface area (Å²) in [6.07, 6.45) is 2.66. The minimum absolute atomic E-state index is 0.376. The van der Waals surface area contributed by atoms with Crippen LogP contribution < -0.4 is 0 Å². The molecule has 0 aromatic carbocycles. The molecule has 1 aromatic rings. The van der Waals surface area contributed by atoms with Crippen molar-refractivity contribution in [3.63, 3.8) is 0 Å². The van der Waals surface area contributed by atoms with E-state index in [-0.39, 0.29) is 0 Å². The zero-order valence-electron chi connectivity index (χ0n) is 13.5. The summed E-state index contributed by atoms with van der Waals surface area (Å²) >= 11 is 1.68. The first-order chi connectivity index (χ1) is 10.8. The lowest BCUT2D eigenvalue weighted by Crippen LogP contribution is -2.49. The molecule has 5 nitrogen and oxygen atoms in total. The zero-order chi connectivity index (χ0) is 15.4. The quantitative estimate of drug-likeness (QED) is 0.768. The molecule has 6 heteroatoms. The minimum Gasteiger partial charge on any atom is -0.383 e. The number of methoxy groups -OCH3 is 1. The van der Waals surface area contributed by atoms with E-state index in [0.29, 0.717) is 24.7 Å². The molecule has 0 amide bonds. The molecule has 22 heavy (non-hydrogen) atoms. The molecular formula is C16H26N2O3S. The van der Waals surface area contributed by atoms with E-state index in [1.165, 1.54) is 6.42 Å². The fourth-order valence-electron chi connectivity index (χ4n) is 3.55. The van der Waals surface area contributed by atoms with E-state index in [2.05, 4.69) is 15.3 Å². The van der Waals surface area contributed by atoms with E-state index < -0.39 is 0 Å². The summed E-state index contributed by atoms with van der Waals surface area (Å²) in [5, 5.41) is 3.19. The third kappa shape index (κ3) is 4.06. The third-order valence-corrected chi connectivity index (χ3v) is 5.42. The summed E-state index contributed by atoms with van der Waals surface area (Å²) in [4.78, 5) is 6.97. The Hall–Kier alpha value is -0.530. The number of morpholine rings is 1. The molecule has 0 bridgehead atoms. The second-order valence-corrected chi connectivity index (χ2v) is 7.28. The average molecular weight is 326 g/mol. The molecule has 2 fully saturated rings. The van der Waals surface area contributed by atoms with Gasteiger partial charge in [0.1, 0.15) is 0 Å². The number of ether oxygens (including phenoxy) is 3. The van der Waals surface area contributed by atoms with Crippen LogP contribution in [0.15, 0.2) is 5.38 Å². The molecule has 0 N–H and O–H groups in total. The van der Waals surface area contributed by atoms with Crippen LogP contribution in [0.2, 0.25) is 0 Å². The van der Waals surface area contributed by atoms with Crippen LogP contribution >= 0.6 is 11.3 Å². The van der Waals surface area contributed by atoms with Gasteiger partial charge in [0.25, 0.3) is 0 Å². The van der Waals surface area contributed by atoms with Gasteiger partial charge < -0.3 is 14.2 Å². The number of hydrogen-bond donors (Lipinski definition) is 0. The fourth-order valence-corrected chi connectivity index (χ4v) is 4.15. The number of thiazole rings is 1. The number of nitrogens with zero attached hydrogens (tertiary/aromatic N) is 2. The van der Waals surface area contributed by atoms with Crippen molar-refractivity contribution in [3.05, 3.63) is 16.1 Å². The Balaban J connectivity index is 1.44. The normalized spacial score (nSPS) is 28.9. The standard InChI is InChI=1S/C16H26N2O3S/c1-12-17-14(11-22-12)10-20-9-13-7-15-16(8-13)21-6-4-18(15)3-5-19-2/h11,13,15-16H,3-10H2,1-2H3/t13?,15-,16-/m1/s1. The van der Waals surface area contributed by atoms with Gasteiger partial charge in [0, 0.05) is 31.6 Å². The van der Waals surface area contributed by atoms with Crippen LogP contribution in [0.1, 0.15) is 23.5 Å². The minimum atomic E-state index is 0.376. The van der Waals surface area contributed by atoms with Crippen LogP contribution in [0.5, 0.6) is 0 Å². The Morgan fingerprint density at radius 2 is 2.36 bits per heavy atom. The van der Waals surface area contributed by atoms with Crippen LogP contribution in [-0.4, -0.2) is 62.0 Å². The lowest BCUT2D eigenvalue weighted by atomic mass is 10.1. The van der Waals surface area contributed by atoms with Crippen molar-refractivity contribution in [2.45, 2.75) is 38.5 Å². The lowest BCUT2D eigenvalue weighted by molar-refractivity contribution is -0.0611. The summed E-state index contributed by atoms with van der Waals surface area (Å²) in [5.74, 6) is 0.595. The summed E-state index contributed by atoms with van der Waals surface area (Å²) in [5.41, 5.74) is 1.05. The molecule has 2 heterocycles. The molecular weight excluding hydrogens is 300 g/mol. The topological polar surface area (TPSA) is 43.8 Å². The summed E-state index contributed by atoms with van der Waals surface area (Å²) < 4.78 is 17.1. The molecule has 124 valence electrons. The Labute approximate surface area is 136 Å². The Morgan fingerprint density at radius 1 is 1.45 bits per heavy atom. The molecule has 1 saturated carbocycles. The predicted octanol–water partition coefficient (Wildman–Crippen LogP) is 2.09. The third-order valence-electron chi connectivity index (χ3n) is 4.60. The van der Waals surface area contributed by atoms with E-state index in [9.17, 15) is 0 Å². The first-order valence-electron chi connectivity index (χ1n) is 8.09. The van der Waals surface area contributed by atoms with Gasteiger partial charge in [-0.05, 0) is 25.7 Å². The van der Waals surface area contributed by atoms with Gasteiger partial charge in [-0.3, -0.25) is 4.90 Å². The highest BCUT2D eigenvalue weighted by Gasteiger charge is 2.40. The number of fused-ring (bicyclic) bond motifs is 1. The van der Waals surface area contributed by atoms with Gasteiger partial charge in [-0.1, -0.05) is 0 Å². The maximum absolute atomic E-state index is 5.96. The van der Waals surface area contributed by atoms with Gasteiger partial charge in [0.05, 0.1) is 43.2 Å². The predicted molar refractivity (Wildman–Crippen MR) is 86.2 cm³/mol.